The third kappa shape index (κ3) is 5.58. The van der Waals surface area contributed by atoms with Gasteiger partial charge in [-0.3, -0.25) is 19.6 Å². The van der Waals surface area contributed by atoms with Crippen molar-refractivity contribution in [2.45, 2.75) is 30.6 Å². The fraction of sp³-hybridized carbons (Fsp3) is 0.800. The standard InChI is InChI=1S/C10H17BN2O12P2/c1-22-4-2-13(10(17)12-8(4)16)9-7(15)6(14)5(24-9)3-23-26(11,18)25-27(19,20)21/h4-7,9,14-15H,2-3H2,1H3,(H,12,16,17)(H2,19,20,21)/t4?,5-,6+,7+,9?,26-/m1/s1. The Morgan fingerprint density at radius 3 is 2.48 bits per heavy atom. The summed E-state index contributed by atoms with van der Waals surface area (Å²) >= 11 is 0. The van der Waals surface area contributed by atoms with Gasteiger partial charge in [0, 0.05) is 7.11 Å². The second-order valence-corrected chi connectivity index (χ2v) is 8.60. The quantitative estimate of drug-likeness (QED) is 0.209. The molecule has 3 amide bonds. The summed E-state index contributed by atoms with van der Waals surface area (Å²) in [7, 11) is -3.67. The van der Waals surface area contributed by atoms with E-state index in [0.29, 0.717) is 0 Å². The summed E-state index contributed by atoms with van der Waals surface area (Å²) in [5, 5.41) is 22.1. The minimum atomic E-state index is -5.21. The molecule has 0 bridgehead atoms. The SMILES string of the molecule is [B][P@@](=O)(OC[C@H]1OC(N2CC(OC)C(=O)NC2=O)[C@@H](O)[C@H]1O)OP(=O)(O)O. The Bertz CT molecular complexity index is 687. The molecule has 27 heavy (non-hydrogen) atoms. The molecule has 2 radical (unpaired) electrons. The summed E-state index contributed by atoms with van der Waals surface area (Å²) in [5.41, 5.74) is 0. The molecule has 2 aliphatic heterocycles. The lowest BCUT2D eigenvalue weighted by molar-refractivity contribution is -0.140. The largest absolute Gasteiger partial charge is 0.476 e. The van der Waals surface area contributed by atoms with Crippen LogP contribution in [0.15, 0.2) is 0 Å². The van der Waals surface area contributed by atoms with Crippen molar-refractivity contribution in [3.8, 4) is 0 Å². The Morgan fingerprint density at radius 1 is 1.30 bits per heavy atom. The van der Waals surface area contributed by atoms with Crippen LogP contribution in [-0.4, -0.2) is 95.3 Å². The van der Waals surface area contributed by atoms with Crippen LogP contribution < -0.4 is 5.32 Å². The molecular formula is C10H17BN2O12P2. The average Bonchev–Trinajstić information content (AvgIpc) is 2.79. The summed E-state index contributed by atoms with van der Waals surface area (Å²) < 4.78 is 40.9. The minimum Gasteiger partial charge on any atom is -0.387 e. The van der Waals surface area contributed by atoms with Crippen LogP contribution in [0, 0.1) is 0 Å². The number of imide groups is 1. The predicted octanol–water partition coefficient (Wildman–Crippen LogP) is -2.60. The van der Waals surface area contributed by atoms with E-state index in [-0.39, 0.29) is 6.54 Å². The fourth-order valence-corrected chi connectivity index (χ4v) is 4.21. The number of carbonyl (C=O) groups is 2. The molecular weight excluding hydrogens is 413 g/mol. The zero-order valence-corrected chi connectivity index (χ0v) is 15.6. The predicted molar refractivity (Wildman–Crippen MR) is 84.2 cm³/mol. The third-order valence-electron chi connectivity index (χ3n) is 3.71. The molecule has 2 rings (SSSR count). The van der Waals surface area contributed by atoms with Gasteiger partial charge in [-0.2, -0.15) is 0 Å². The number of ether oxygens (including phenoxy) is 2. The second kappa shape index (κ2) is 8.25. The number of aliphatic hydroxyl groups is 2. The maximum absolute atomic E-state index is 11.9. The number of rotatable bonds is 7. The molecule has 0 aromatic rings. The number of methoxy groups -OCH3 is 1. The fourth-order valence-electron chi connectivity index (χ4n) is 2.48. The maximum atomic E-state index is 11.9. The molecule has 152 valence electrons. The molecule has 0 spiro atoms. The van der Waals surface area contributed by atoms with E-state index in [2.05, 4.69) is 8.83 Å². The number of phosphoric acid groups is 1. The van der Waals surface area contributed by atoms with Crippen molar-refractivity contribution in [3.63, 3.8) is 0 Å². The number of nitrogens with one attached hydrogen (secondary N) is 1. The van der Waals surface area contributed by atoms with Crippen molar-refractivity contribution in [3.05, 3.63) is 0 Å². The maximum Gasteiger partial charge on any atom is 0.476 e. The number of urea groups is 1. The molecule has 2 fully saturated rings. The zero-order valence-electron chi connectivity index (χ0n) is 13.8. The van der Waals surface area contributed by atoms with Gasteiger partial charge in [0.25, 0.3) is 13.4 Å². The van der Waals surface area contributed by atoms with Crippen molar-refractivity contribution >= 4 is 34.8 Å². The summed E-state index contributed by atoms with van der Waals surface area (Å²) in [4.78, 5) is 41.6. The van der Waals surface area contributed by atoms with E-state index in [9.17, 15) is 28.9 Å². The molecule has 0 aliphatic carbocycles. The van der Waals surface area contributed by atoms with Crippen LogP contribution in [0.4, 0.5) is 4.79 Å². The van der Waals surface area contributed by atoms with Crippen LogP contribution in [0.1, 0.15) is 0 Å². The Morgan fingerprint density at radius 2 is 1.93 bits per heavy atom. The van der Waals surface area contributed by atoms with Crippen molar-refractivity contribution in [2.24, 2.45) is 0 Å². The van der Waals surface area contributed by atoms with Gasteiger partial charge in [-0.1, -0.05) is 0 Å². The topological polar surface area (TPSA) is 201 Å². The number of carbonyl (C=O) groups excluding carboxylic acids is 2. The highest BCUT2D eigenvalue weighted by Gasteiger charge is 2.50. The van der Waals surface area contributed by atoms with E-state index in [1.165, 1.54) is 7.11 Å². The van der Waals surface area contributed by atoms with Crippen LogP contribution in [0.25, 0.3) is 0 Å². The lowest BCUT2D eigenvalue weighted by Gasteiger charge is -2.35. The van der Waals surface area contributed by atoms with Crippen LogP contribution in [0.5, 0.6) is 0 Å². The van der Waals surface area contributed by atoms with E-state index in [0.717, 1.165) is 4.90 Å². The first-order valence-electron chi connectivity index (χ1n) is 7.30. The molecule has 2 unspecified atom stereocenters. The van der Waals surface area contributed by atoms with Gasteiger partial charge in [-0.25, -0.2) is 13.7 Å². The molecule has 0 aromatic heterocycles. The van der Waals surface area contributed by atoms with Gasteiger partial charge in [0.05, 0.1) is 13.2 Å². The average molecular weight is 430 g/mol. The summed E-state index contributed by atoms with van der Waals surface area (Å²) in [5.74, 6) is -0.690. The van der Waals surface area contributed by atoms with E-state index in [4.69, 9.17) is 26.8 Å². The Balaban J connectivity index is 2.03. The molecule has 0 aromatic carbocycles. The first-order chi connectivity index (χ1) is 12.3. The summed E-state index contributed by atoms with van der Waals surface area (Å²) in [6.45, 7) is -1.06. The Kier molecular flexibility index (Phi) is 6.86. The monoisotopic (exact) mass is 430 g/mol. The number of amides is 3. The van der Waals surface area contributed by atoms with Gasteiger partial charge in [0.15, 0.2) is 12.3 Å². The van der Waals surface area contributed by atoms with E-state index in [1.807, 2.05) is 5.32 Å². The summed E-state index contributed by atoms with van der Waals surface area (Å²) in [6.07, 6.45) is -7.12. The second-order valence-electron chi connectivity index (χ2n) is 5.63. The van der Waals surface area contributed by atoms with Gasteiger partial charge < -0.3 is 34.0 Å². The van der Waals surface area contributed by atoms with Crippen LogP contribution in [-0.2, 0) is 32.2 Å². The highest BCUT2D eigenvalue weighted by Crippen LogP contribution is 2.57. The lowest BCUT2D eigenvalue weighted by atomic mass is 10.1. The zero-order chi connectivity index (χ0) is 20.6. The first-order valence-corrected chi connectivity index (χ1v) is 10.4. The Labute approximate surface area is 153 Å². The van der Waals surface area contributed by atoms with E-state index >= 15 is 0 Å². The number of nitrogens with zero attached hydrogens (tertiary/aromatic N) is 1. The van der Waals surface area contributed by atoms with Gasteiger partial charge in [-0.15, -0.1) is 0 Å². The molecule has 2 saturated heterocycles. The highest BCUT2D eigenvalue weighted by atomic mass is 31.3. The first kappa shape index (κ1) is 22.4. The molecule has 17 heteroatoms. The Hall–Kier alpha value is -0.855. The lowest BCUT2D eigenvalue weighted by Crippen LogP contribution is -2.62. The molecule has 5 N–H and O–H groups in total. The summed E-state index contributed by atoms with van der Waals surface area (Å²) in [6, 6.07) is -0.902. The minimum absolute atomic E-state index is 0.278. The van der Waals surface area contributed by atoms with E-state index < -0.39 is 64.5 Å². The molecule has 0 saturated carbocycles. The van der Waals surface area contributed by atoms with Gasteiger partial charge in [-0.05, 0) is 0 Å². The van der Waals surface area contributed by atoms with Crippen LogP contribution in [0.2, 0.25) is 0 Å². The molecule has 14 nitrogen and oxygen atoms in total. The number of hydrogen-bond donors (Lipinski definition) is 5. The van der Waals surface area contributed by atoms with Crippen molar-refractivity contribution in [1.29, 1.82) is 0 Å². The van der Waals surface area contributed by atoms with Crippen molar-refractivity contribution in [1.82, 2.24) is 10.2 Å². The smallest absolute Gasteiger partial charge is 0.387 e. The van der Waals surface area contributed by atoms with Crippen molar-refractivity contribution in [2.75, 3.05) is 20.3 Å². The number of hydrogen-bond acceptors (Lipinski definition) is 10. The van der Waals surface area contributed by atoms with Gasteiger partial charge >= 0.3 is 13.9 Å². The molecule has 2 heterocycles. The van der Waals surface area contributed by atoms with E-state index in [1.54, 1.807) is 0 Å². The van der Waals surface area contributed by atoms with Gasteiger partial charge in [0.1, 0.15) is 18.3 Å². The molecule has 2 aliphatic rings. The third-order valence-corrected chi connectivity index (χ3v) is 5.98. The highest BCUT2D eigenvalue weighted by molar-refractivity contribution is 7.83. The van der Waals surface area contributed by atoms with Crippen molar-refractivity contribution < 1.29 is 57.0 Å². The van der Waals surface area contributed by atoms with Gasteiger partial charge in [0.2, 0.25) is 7.57 Å². The number of aliphatic hydroxyl groups excluding tert-OH is 2. The normalized spacial score (nSPS) is 34.4. The molecule has 6 atom stereocenters. The van der Waals surface area contributed by atoms with Crippen LogP contribution in [0.3, 0.4) is 0 Å². The van der Waals surface area contributed by atoms with Crippen LogP contribution >= 0.6 is 15.3 Å².